The number of nitrogens with zero attached hydrogens (tertiary/aromatic N) is 2. The lowest BCUT2D eigenvalue weighted by molar-refractivity contribution is -0.139. The summed E-state index contributed by atoms with van der Waals surface area (Å²) in [6.07, 6.45) is 1.66. The fraction of sp³-hybridized carbons (Fsp3) is 0.179. The molecule has 0 radical (unpaired) electrons. The summed E-state index contributed by atoms with van der Waals surface area (Å²) >= 11 is 13.4. The van der Waals surface area contributed by atoms with Gasteiger partial charge in [0, 0.05) is 17.2 Å². The van der Waals surface area contributed by atoms with Gasteiger partial charge in [-0.3, -0.25) is 9.36 Å². The van der Waals surface area contributed by atoms with E-state index in [1.165, 1.54) is 15.9 Å². The lowest BCUT2D eigenvalue weighted by Crippen LogP contribution is -2.40. The highest BCUT2D eigenvalue weighted by molar-refractivity contribution is 7.07. The second kappa shape index (κ2) is 10.6. The molecule has 1 atom stereocenters. The number of hydrogen-bond acceptors (Lipinski definition) is 7. The van der Waals surface area contributed by atoms with E-state index in [9.17, 15) is 9.59 Å². The monoisotopic (exact) mass is 568 g/mol. The Morgan fingerprint density at radius 1 is 1.16 bits per heavy atom. The minimum absolute atomic E-state index is 0.193. The lowest BCUT2D eigenvalue weighted by atomic mass is 9.95. The van der Waals surface area contributed by atoms with Crippen molar-refractivity contribution in [3.05, 3.63) is 107 Å². The minimum Gasteiger partial charge on any atom is -0.496 e. The quantitative estimate of drug-likeness (QED) is 0.292. The molecule has 0 spiro atoms. The van der Waals surface area contributed by atoms with E-state index in [0.29, 0.717) is 47.9 Å². The average molecular weight is 569 g/mol. The summed E-state index contributed by atoms with van der Waals surface area (Å²) in [4.78, 5) is 31.9. The SMILES string of the molecule is CCOC(=O)C1=C(C)N=c2s/c(=C\c3ccc(-c4ccc(Cl)c(Cl)c4)o3)c(=O)n2[C@@H]1c1ccccc1OC. The van der Waals surface area contributed by atoms with Crippen LogP contribution < -0.4 is 19.6 Å². The van der Waals surface area contributed by atoms with Crippen molar-refractivity contribution in [3.63, 3.8) is 0 Å². The van der Waals surface area contributed by atoms with Crippen LogP contribution in [0, 0.1) is 0 Å². The van der Waals surface area contributed by atoms with Gasteiger partial charge in [0.05, 0.1) is 39.6 Å². The highest BCUT2D eigenvalue weighted by atomic mass is 35.5. The second-order valence-electron chi connectivity index (χ2n) is 8.38. The van der Waals surface area contributed by atoms with Gasteiger partial charge in [-0.15, -0.1) is 0 Å². The molecule has 0 unspecified atom stereocenters. The molecule has 194 valence electrons. The Morgan fingerprint density at radius 2 is 1.95 bits per heavy atom. The smallest absolute Gasteiger partial charge is 0.338 e. The van der Waals surface area contributed by atoms with Gasteiger partial charge in [-0.1, -0.05) is 52.7 Å². The number of furan rings is 1. The summed E-state index contributed by atoms with van der Waals surface area (Å²) in [6, 6.07) is 15.3. The highest BCUT2D eigenvalue weighted by Crippen LogP contribution is 2.35. The number of thiazole rings is 1. The number of hydrogen-bond donors (Lipinski definition) is 0. The van der Waals surface area contributed by atoms with Crippen LogP contribution in [-0.4, -0.2) is 24.3 Å². The predicted octanol–water partition coefficient (Wildman–Crippen LogP) is 5.37. The molecule has 1 aliphatic heterocycles. The van der Waals surface area contributed by atoms with Crippen molar-refractivity contribution in [2.75, 3.05) is 13.7 Å². The predicted molar refractivity (Wildman–Crippen MR) is 148 cm³/mol. The Balaban J connectivity index is 1.65. The first-order valence-corrected chi connectivity index (χ1v) is 13.3. The Morgan fingerprint density at radius 3 is 2.68 bits per heavy atom. The van der Waals surface area contributed by atoms with Gasteiger partial charge in [0.25, 0.3) is 5.56 Å². The molecule has 0 amide bonds. The van der Waals surface area contributed by atoms with Crippen LogP contribution in [0.1, 0.15) is 31.2 Å². The summed E-state index contributed by atoms with van der Waals surface area (Å²) < 4.78 is 18.8. The van der Waals surface area contributed by atoms with Crippen molar-refractivity contribution in [2.24, 2.45) is 4.99 Å². The van der Waals surface area contributed by atoms with Crippen LogP contribution in [0.25, 0.3) is 17.4 Å². The molecule has 5 rings (SSSR count). The number of allylic oxidation sites excluding steroid dienone is 1. The summed E-state index contributed by atoms with van der Waals surface area (Å²) in [5, 5.41) is 0.866. The van der Waals surface area contributed by atoms with Crippen LogP contribution in [-0.2, 0) is 9.53 Å². The molecule has 38 heavy (non-hydrogen) atoms. The summed E-state index contributed by atoms with van der Waals surface area (Å²) in [7, 11) is 1.55. The third kappa shape index (κ3) is 4.71. The summed E-state index contributed by atoms with van der Waals surface area (Å²) in [5.74, 6) is 1.07. The Bertz CT molecular complexity index is 1770. The molecule has 10 heteroatoms. The van der Waals surface area contributed by atoms with Crippen molar-refractivity contribution >= 4 is 46.6 Å². The van der Waals surface area contributed by atoms with Crippen LogP contribution in [0.15, 0.2) is 80.1 Å². The van der Waals surface area contributed by atoms with Gasteiger partial charge in [0.15, 0.2) is 4.80 Å². The van der Waals surface area contributed by atoms with Crippen molar-refractivity contribution in [3.8, 4) is 17.1 Å². The van der Waals surface area contributed by atoms with Crippen LogP contribution in [0.5, 0.6) is 5.75 Å². The highest BCUT2D eigenvalue weighted by Gasteiger charge is 2.35. The summed E-state index contributed by atoms with van der Waals surface area (Å²) in [5.41, 5.74) is 1.86. The number of rotatable bonds is 6. The number of carbonyl (C=O) groups excluding carboxylic acids is 1. The molecular formula is C28H22Cl2N2O5S. The Hall–Kier alpha value is -3.59. The fourth-order valence-electron chi connectivity index (χ4n) is 4.34. The largest absolute Gasteiger partial charge is 0.496 e. The van der Waals surface area contributed by atoms with Gasteiger partial charge in [0.1, 0.15) is 23.3 Å². The van der Waals surface area contributed by atoms with E-state index in [1.54, 1.807) is 63.4 Å². The maximum absolute atomic E-state index is 13.8. The van der Waals surface area contributed by atoms with E-state index in [0.717, 1.165) is 5.56 Å². The van der Waals surface area contributed by atoms with E-state index in [-0.39, 0.29) is 17.7 Å². The molecule has 4 aromatic rings. The van der Waals surface area contributed by atoms with E-state index in [4.69, 9.17) is 37.1 Å². The normalized spacial score (nSPS) is 15.3. The van der Waals surface area contributed by atoms with Crippen molar-refractivity contribution in [2.45, 2.75) is 19.9 Å². The third-order valence-electron chi connectivity index (χ3n) is 6.05. The Labute approximate surface area is 231 Å². The van der Waals surface area contributed by atoms with Crippen molar-refractivity contribution in [1.82, 2.24) is 4.57 Å². The maximum atomic E-state index is 13.8. The van der Waals surface area contributed by atoms with E-state index >= 15 is 0 Å². The second-order valence-corrected chi connectivity index (χ2v) is 10.2. The molecule has 1 aliphatic rings. The topological polar surface area (TPSA) is 83.0 Å². The van der Waals surface area contributed by atoms with E-state index in [1.807, 2.05) is 18.2 Å². The number of para-hydroxylation sites is 1. The summed E-state index contributed by atoms with van der Waals surface area (Å²) in [6.45, 7) is 3.66. The molecule has 3 heterocycles. The number of halogens is 2. The number of methoxy groups -OCH3 is 1. The first-order chi connectivity index (χ1) is 18.3. The number of esters is 1. The van der Waals surface area contributed by atoms with Crippen molar-refractivity contribution < 1.29 is 18.7 Å². The number of aromatic nitrogens is 1. The van der Waals surface area contributed by atoms with E-state index in [2.05, 4.69) is 4.99 Å². The number of benzene rings is 2. The minimum atomic E-state index is -0.771. The standard InChI is InChI=1S/C28H22Cl2N2O5S/c1-4-36-27(34)24-15(2)31-28-32(25(24)18-7-5-6-8-22(18)35-3)26(33)23(38-28)14-17-10-12-21(37-17)16-9-11-19(29)20(30)13-16/h5-14,25H,4H2,1-3H3/b23-14-/t25-/m1/s1. The zero-order valence-electron chi connectivity index (χ0n) is 20.7. The third-order valence-corrected chi connectivity index (χ3v) is 7.78. The van der Waals surface area contributed by atoms with Crippen LogP contribution in [0.4, 0.5) is 0 Å². The molecular weight excluding hydrogens is 547 g/mol. The molecule has 0 bridgehead atoms. The van der Waals surface area contributed by atoms with Gasteiger partial charge in [0.2, 0.25) is 0 Å². The van der Waals surface area contributed by atoms with Gasteiger partial charge in [-0.05, 0) is 50.2 Å². The average Bonchev–Trinajstić information content (AvgIpc) is 3.49. The first kappa shape index (κ1) is 26.0. The lowest BCUT2D eigenvalue weighted by Gasteiger charge is -2.25. The van der Waals surface area contributed by atoms with Gasteiger partial charge < -0.3 is 13.9 Å². The van der Waals surface area contributed by atoms with Gasteiger partial charge in [-0.2, -0.15) is 0 Å². The number of fused-ring (bicyclic) bond motifs is 1. The van der Waals surface area contributed by atoms with Gasteiger partial charge >= 0.3 is 5.97 Å². The molecule has 0 fully saturated rings. The first-order valence-electron chi connectivity index (χ1n) is 11.7. The Kier molecular flexibility index (Phi) is 7.29. The molecule has 7 nitrogen and oxygen atoms in total. The van der Waals surface area contributed by atoms with Crippen LogP contribution >= 0.6 is 34.5 Å². The van der Waals surface area contributed by atoms with E-state index < -0.39 is 12.0 Å². The molecule has 0 saturated carbocycles. The number of carbonyl (C=O) groups is 1. The molecule has 0 N–H and O–H groups in total. The molecule has 2 aromatic carbocycles. The fourth-order valence-corrected chi connectivity index (χ4v) is 5.67. The van der Waals surface area contributed by atoms with Gasteiger partial charge in [-0.25, -0.2) is 9.79 Å². The molecule has 2 aromatic heterocycles. The molecule has 0 saturated heterocycles. The van der Waals surface area contributed by atoms with Crippen molar-refractivity contribution in [1.29, 1.82) is 0 Å². The zero-order chi connectivity index (χ0) is 27.0. The van der Waals surface area contributed by atoms with Crippen LogP contribution in [0.2, 0.25) is 10.0 Å². The number of ether oxygens (including phenoxy) is 2. The molecule has 0 aliphatic carbocycles. The van der Waals surface area contributed by atoms with Crippen LogP contribution in [0.3, 0.4) is 0 Å². The maximum Gasteiger partial charge on any atom is 0.338 e. The zero-order valence-corrected chi connectivity index (χ0v) is 23.0.